The van der Waals surface area contributed by atoms with Crippen LogP contribution in [0.3, 0.4) is 0 Å². The van der Waals surface area contributed by atoms with E-state index in [0.717, 1.165) is 60.6 Å². The molecule has 13 heteroatoms. The Hall–Kier alpha value is -5.98. The SMILES string of the molecule is COC(=O)N[C@H](C(=O)N1CCC[C@H]1C1=Nc2ccc(-c3ccc(-c4ccc(-c5cnc([C@@H]6CCCN6C(=O)[C@@H](NC(=O)OC)C(C)C)[nH]5)cc4)c4c3CC3CCC43)cc2C1)C(C)C. The van der Waals surface area contributed by atoms with Gasteiger partial charge in [0, 0.05) is 25.2 Å². The molecule has 2 unspecified atom stereocenters. The Balaban J connectivity index is 0.920. The molecule has 1 saturated carbocycles. The van der Waals surface area contributed by atoms with Gasteiger partial charge in [0.2, 0.25) is 11.8 Å². The van der Waals surface area contributed by atoms with Crippen molar-refractivity contribution < 1.29 is 28.7 Å². The number of methoxy groups -OCH3 is 2. The van der Waals surface area contributed by atoms with Crippen LogP contribution < -0.4 is 10.6 Å². The van der Waals surface area contributed by atoms with Crippen LogP contribution in [0.1, 0.15) is 101 Å². The van der Waals surface area contributed by atoms with E-state index >= 15 is 0 Å². The van der Waals surface area contributed by atoms with Crippen LogP contribution in [0.4, 0.5) is 15.3 Å². The van der Waals surface area contributed by atoms with Crippen molar-refractivity contribution in [2.45, 2.75) is 109 Å². The van der Waals surface area contributed by atoms with Crippen LogP contribution in [0.5, 0.6) is 0 Å². The van der Waals surface area contributed by atoms with Gasteiger partial charge in [0.15, 0.2) is 0 Å². The van der Waals surface area contributed by atoms with Crippen LogP contribution in [0.2, 0.25) is 0 Å². The number of imidazole rings is 1. The average Bonchev–Trinajstić information content (AvgIpc) is 4.13. The van der Waals surface area contributed by atoms with Crippen LogP contribution in [0, 0.1) is 17.8 Å². The highest BCUT2D eigenvalue weighted by Gasteiger charge is 2.43. The lowest BCUT2D eigenvalue weighted by atomic mass is 9.73. The third-order valence-corrected chi connectivity index (χ3v) is 14.3. The summed E-state index contributed by atoms with van der Waals surface area (Å²) in [6.07, 6.45) is 8.31. The molecule has 4 amide bonds. The zero-order chi connectivity index (χ0) is 44.1. The number of nitrogens with zero attached hydrogens (tertiary/aromatic N) is 4. The maximum atomic E-state index is 13.8. The second-order valence-corrected chi connectivity index (χ2v) is 18.7. The van der Waals surface area contributed by atoms with Crippen molar-refractivity contribution in [3.05, 3.63) is 83.3 Å². The van der Waals surface area contributed by atoms with Gasteiger partial charge in [-0.2, -0.15) is 0 Å². The van der Waals surface area contributed by atoms with Crippen molar-refractivity contribution in [3.63, 3.8) is 0 Å². The lowest BCUT2D eigenvalue weighted by molar-refractivity contribution is -0.135. The minimum absolute atomic E-state index is 0.0820. The monoisotopic (exact) mass is 853 g/mol. The number of rotatable bonds is 11. The number of alkyl carbamates (subject to hydrolysis) is 2. The molecular weight excluding hydrogens is 795 g/mol. The quantitative estimate of drug-likeness (QED) is 0.137. The van der Waals surface area contributed by atoms with E-state index in [1.165, 1.54) is 66.0 Å². The summed E-state index contributed by atoms with van der Waals surface area (Å²) < 4.78 is 9.62. The third-order valence-electron chi connectivity index (χ3n) is 14.3. The molecule has 2 saturated heterocycles. The van der Waals surface area contributed by atoms with Gasteiger partial charge in [0.25, 0.3) is 0 Å². The Morgan fingerprint density at radius 1 is 0.730 bits per heavy atom. The van der Waals surface area contributed by atoms with Gasteiger partial charge in [-0.3, -0.25) is 14.6 Å². The molecule has 330 valence electrons. The van der Waals surface area contributed by atoms with Crippen molar-refractivity contribution in [2.75, 3.05) is 27.3 Å². The number of hydrogen-bond donors (Lipinski definition) is 3. The molecule has 3 fully saturated rings. The van der Waals surface area contributed by atoms with Gasteiger partial charge < -0.3 is 34.9 Å². The van der Waals surface area contributed by atoms with Crippen LogP contribution >= 0.6 is 0 Å². The number of carbonyl (C=O) groups excluding carboxylic acids is 4. The van der Waals surface area contributed by atoms with E-state index in [0.29, 0.717) is 31.3 Å². The lowest BCUT2D eigenvalue weighted by Gasteiger charge is -2.31. The largest absolute Gasteiger partial charge is 0.453 e. The third kappa shape index (κ3) is 7.88. The van der Waals surface area contributed by atoms with Crippen LogP contribution in [0.15, 0.2) is 65.8 Å². The number of amides is 4. The number of likely N-dealkylation sites (tertiary alicyclic amines) is 2. The number of fused-ring (bicyclic) bond motifs is 4. The molecule has 2 aliphatic carbocycles. The molecule has 63 heavy (non-hydrogen) atoms. The normalized spacial score (nSPS) is 21.9. The van der Waals surface area contributed by atoms with Gasteiger partial charge >= 0.3 is 12.2 Å². The first-order valence-electron chi connectivity index (χ1n) is 22.8. The van der Waals surface area contributed by atoms with E-state index in [2.05, 4.69) is 70.2 Å². The van der Waals surface area contributed by atoms with Crippen molar-refractivity contribution in [3.8, 4) is 33.5 Å². The topological polar surface area (TPSA) is 158 Å². The summed E-state index contributed by atoms with van der Waals surface area (Å²) in [5, 5.41) is 5.48. The molecule has 5 aliphatic rings. The van der Waals surface area contributed by atoms with Gasteiger partial charge in [-0.1, -0.05) is 70.2 Å². The molecule has 0 spiro atoms. The number of aromatic amines is 1. The minimum atomic E-state index is -0.682. The Kier molecular flexibility index (Phi) is 11.6. The summed E-state index contributed by atoms with van der Waals surface area (Å²) in [7, 11) is 2.62. The first-order chi connectivity index (χ1) is 30.4. The summed E-state index contributed by atoms with van der Waals surface area (Å²) in [5.74, 6) is 1.60. The van der Waals surface area contributed by atoms with E-state index in [1.54, 1.807) is 0 Å². The van der Waals surface area contributed by atoms with Crippen molar-refractivity contribution in [2.24, 2.45) is 22.7 Å². The van der Waals surface area contributed by atoms with Crippen molar-refractivity contribution in [1.82, 2.24) is 30.4 Å². The molecule has 3 N–H and O–H groups in total. The number of nitrogens with one attached hydrogen (secondary N) is 3. The molecular formula is C50H59N7O6. The Labute approximate surface area is 369 Å². The van der Waals surface area contributed by atoms with Gasteiger partial charge in [0.05, 0.1) is 43.9 Å². The minimum Gasteiger partial charge on any atom is -0.453 e. The van der Waals surface area contributed by atoms with E-state index in [-0.39, 0.29) is 35.7 Å². The first kappa shape index (κ1) is 42.3. The highest BCUT2D eigenvalue weighted by Crippen LogP contribution is 2.56. The highest BCUT2D eigenvalue weighted by atomic mass is 16.5. The number of H-pyrrole nitrogens is 1. The smallest absolute Gasteiger partial charge is 0.407 e. The van der Waals surface area contributed by atoms with Crippen LogP contribution in [0.25, 0.3) is 33.5 Å². The van der Waals surface area contributed by atoms with E-state index in [4.69, 9.17) is 19.5 Å². The average molecular weight is 854 g/mol. The maximum Gasteiger partial charge on any atom is 0.407 e. The highest BCUT2D eigenvalue weighted by molar-refractivity contribution is 6.01. The summed E-state index contributed by atoms with van der Waals surface area (Å²) >= 11 is 0. The number of aromatic nitrogens is 2. The number of aliphatic imine (C=N–C) groups is 1. The fraction of sp³-hybridized carbons (Fsp3) is 0.480. The summed E-state index contributed by atoms with van der Waals surface area (Å²) in [4.78, 5) is 68.8. The fourth-order valence-electron chi connectivity index (χ4n) is 10.8. The first-order valence-corrected chi connectivity index (χ1v) is 22.8. The number of hydrogen-bond acceptors (Lipinski definition) is 8. The van der Waals surface area contributed by atoms with E-state index in [1.807, 2.05) is 43.7 Å². The molecule has 13 nitrogen and oxygen atoms in total. The van der Waals surface area contributed by atoms with Crippen LogP contribution in [-0.4, -0.2) is 94.9 Å². The number of carbonyl (C=O) groups is 4. The zero-order valence-electron chi connectivity index (χ0n) is 37.2. The standard InChI is InChI=1S/C50H59N7O6/c1-27(2)44(54-49(60)62-5)47(58)56-21-7-9-41(56)39-25-33-23-31(16-20-38(33)52-39)34-18-19-35(43-36-17-15-32(36)24-37(34)43)29-11-13-30(14-12-29)40-26-51-46(53-40)42-10-8-22-57(42)48(59)45(28(3)4)55-50(61)63-6/h11-14,16,18-20,23,26-28,32,36,41-42,44-45H,7-10,15,17,21-22,24-25H2,1-6H3,(H,51,53)(H,54,60)(H,55,61)/t32?,36?,41-,42-,44-,45-/m0/s1. The Bertz CT molecular complexity index is 2460. The van der Waals surface area contributed by atoms with Crippen molar-refractivity contribution >= 4 is 35.4 Å². The number of ether oxygens (including phenoxy) is 2. The summed E-state index contributed by atoms with van der Waals surface area (Å²) in [6.45, 7) is 8.96. The van der Waals surface area contributed by atoms with Crippen molar-refractivity contribution in [1.29, 1.82) is 0 Å². The van der Waals surface area contributed by atoms with Gasteiger partial charge in [-0.05, 0) is 125 Å². The fourth-order valence-corrected chi connectivity index (χ4v) is 10.8. The van der Waals surface area contributed by atoms with Gasteiger partial charge in [0.1, 0.15) is 17.9 Å². The molecule has 6 atom stereocenters. The molecule has 4 aromatic rings. The summed E-state index contributed by atoms with van der Waals surface area (Å²) in [6, 6.07) is 18.4. The zero-order valence-corrected chi connectivity index (χ0v) is 37.2. The molecule has 9 rings (SSSR count). The lowest BCUT2D eigenvalue weighted by Crippen LogP contribution is -2.53. The molecule has 1 aromatic heterocycles. The molecule has 0 radical (unpaired) electrons. The maximum absolute atomic E-state index is 13.8. The predicted molar refractivity (Wildman–Crippen MR) is 242 cm³/mol. The molecule has 4 heterocycles. The second kappa shape index (κ2) is 17.3. The molecule has 3 aliphatic heterocycles. The van der Waals surface area contributed by atoms with Gasteiger partial charge in [-0.25, -0.2) is 14.6 Å². The van der Waals surface area contributed by atoms with Crippen LogP contribution in [-0.2, 0) is 31.9 Å². The number of benzene rings is 3. The summed E-state index contributed by atoms with van der Waals surface area (Å²) in [5.41, 5.74) is 13.1. The predicted octanol–water partition coefficient (Wildman–Crippen LogP) is 8.50. The molecule has 0 bridgehead atoms. The second-order valence-electron chi connectivity index (χ2n) is 18.7. The molecule has 3 aromatic carbocycles. The van der Waals surface area contributed by atoms with E-state index < -0.39 is 24.3 Å². The Morgan fingerprint density at radius 2 is 1.33 bits per heavy atom. The Morgan fingerprint density at radius 3 is 1.95 bits per heavy atom. The van der Waals surface area contributed by atoms with E-state index in [9.17, 15) is 19.2 Å². The van der Waals surface area contributed by atoms with Gasteiger partial charge in [-0.15, -0.1) is 0 Å².